The largest absolute Gasteiger partial charge is 0.399 e. The van der Waals surface area contributed by atoms with E-state index in [2.05, 4.69) is 10.2 Å². The number of aliphatic hydroxyl groups excluding tert-OH is 1. The number of rotatable bonds is 3. The van der Waals surface area contributed by atoms with Crippen molar-refractivity contribution < 1.29 is 9.90 Å². The van der Waals surface area contributed by atoms with Crippen LogP contribution in [0.5, 0.6) is 0 Å². The summed E-state index contributed by atoms with van der Waals surface area (Å²) < 4.78 is 0. The average molecular weight is 289 g/mol. The van der Waals surface area contributed by atoms with Gasteiger partial charge in [0.25, 0.3) is 0 Å². The fourth-order valence-electron chi connectivity index (χ4n) is 3.63. The number of benzene rings is 1. The van der Waals surface area contributed by atoms with Crippen molar-refractivity contribution in [2.45, 2.75) is 50.8 Å². The highest BCUT2D eigenvalue weighted by molar-refractivity contribution is 5.93. The fraction of sp³-hybridized carbons (Fsp3) is 0.562. The highest BCUT2D eigenvalue weighted by Gasteiger charge is 2.40. The van der Waals surface area contributed by atoms with E-state index in [9.17, 15) is 9.90 Å². The second-order valence-corrected chi connectivity index (χ2v) is 6.31. The normalized spacial score (nSPS) is 28.6. The lowest BCUT2D eigenvalue weighted by atomic mass is 10.00. The minimum atomic E-state index is -0.196. The molecule has 2 saturated heterocycles. The van der Waals surface area contributed by atoms with Crippen LogP contribution >= 0.6 is 0 Å². The molecular formula is C16H23N3O2. The van der Waals surface area contributed by atoms with Crippen LogP contribution in [-0.2, 0) is 4.79 Å². The number of amides is 1. The Hall–Kier alpha value is -1.59. The third-order valence-electron chi connectivity index (χ3n) is 4.72. The molecule has 0 aromatic heterocycles. The zero-order valence-corrected chi connectivity index (χ0v) is 12.4. The summed E-state index contributed by atoms with van der Waals surface area (Å²) in [5.41, 5.74) is 8.21. The predicted octanol–water partition coefficient (Wildman–Crippen LogP) is 1.50. The highest BCUT2D eigenvalue weighted by atomic mass is 16.3. The Bertz CT molecular complexity index is 532. The molecule has 21 heavy (non-hydrogen) atoms. The van der Waals surface area contributed by atoms with Crippen LogP contribution in [0.2, 0.25) is 0 Å². The monoisotopic (exact) mass is 289 g/mol. The van der Waals surface area contributed by atoms with Crippen LogP contribution in [0.25, 0.3) is 0 Å². The van der Waals surface area contributed by atoms with Crippen molar-refractivity contribution >= 4 is 17.3 Å². The standard InChI is InChI=1S/C16H23N3O2/c1-10-2-3-11(17)6-15(10)18-16(21)9-19-12-4-5-13(19)8-14(20)7-12/h2-3,6,12-14,20H,4-5,7-9,17H2,1H3,(H,18,21). The number of hydrogen-bond acceptors (Lipinski definition) is 4. The molecule has 5 heteroatoms. The fourth-order valence-corrected chi connectivity index (χ4v) is 3.63. The Balaban J connectivity index is 1.63. The summed E-state index contributed by atoms with van der Waals surface area (Å²) in [6, 6.07) is 6.24. The molecular weight excluding hydrogens is 266 g/mol. The van der Waals surface area contributed by atoms with Crippen molar-refractivity contribution in [3.63, 3.8) is 0 Å². The van der Waals surface area contributed by atoms with Crippen molar-refractivity contribution in [1.82, 2.24) is 4.90 Å². The Morgan fingerprint density at radius 1 is 1.38 bits per heavy atom. The second-order valence-electron chi connectivity index (χ2n) is 6.31. The third kappa shape index (κ3) is 3.04. The van der Waals surface area contributed by atoms with Gasteiger partial charge >= 0.3 is 0 Å². The molecule has 1 amide bonds. The molecule has 2 unspecified atom stereocenters. The summed E-state index contributed by atoms with van der Waals surface area (Å²) >= 11 is 0. The minimum absolute atomic E-state index is 0.00279. The minimum Gasteiger partial charge on any atom is -0.399 e. The first-order chi connectivity index (χ1) is 10.0. The lowest BCUT2D eigenvalue weighted by molar-refractivity contribution is -0.119. The molecule has 2 atom stereocenters. The van der Waals surface area contributed by atoms with E-state index in [4.69, 9.17) is 5.73 Å². The maximum atomic E-state index is 12.3. The molecule has 2 heterocycles. The number of aliphatic hydroxyl groups is 1. The molecule has 114 valence electrons. The van der Waals surface area contributed by atoms with Gasteiger partial charge in [-0.25, -0.2) is 0 Å². The lowest BCUT2D eigenvalue weighted by Crippen LogP contribution is -2.47. The third-order valence-corrected chi connectivity index (χ3v) is 4.72. The summed E-state index contributed by atoms with van der Waals surface area (Å²) in [5, 5.41) is 12.8. The van der Waals surface area contributed by atoms with E-state index in [1.165, 1.54) is 0 Å². The van der Waals surface area contributed by atoms with Crippen molar-refractivity contribution in [3.8, 4) is 0 Å². The van der Waals surface area contributed by atoms with Gasteiger partial charge in [0.1, 0.15) is 0 Å². The number of anilines is 2. The molecule has 0 aliphatic carbocycles. The first-order valence-corrected chi connectivity index (χ1v) is 7.62. The van der Waals surface area contributed by atoms with Gasteiger partial charge in [-0.1, -0.05) is 6.07 Å². The van der Waals surface area contributed by atoms with Gasteiger partial charge in [0.15, 0.2) is 0 Å². The van der Waals surface area contributed by atoms with Crippen LogP contribution in [-0.4, -0.2) is 40.6 Å². The highest BCUT2D eigenvalue weighted by Crippen LogP contribution is 2.35. The number of nitrogens with one attached hydrogen (secondary N) is 1. The molecule has 4 N–H and O–H groups in total. The Morgan fingerprint density at radius 3 is 2.71 bits per heavy atom. The summed E-state index contributed by atoms with van der Waals surface area (Å²) in [5.74, 6) is -0.00279. The van der Waals surface area contributed by atoms with Crippen LogP contribution in [0.4, 0.5) is 11.4 Å². The molecule has 1 aromatic carbocycles. The lowest BCUT2D eigenvalue weighted by Gasteiger charge is -2.36. The van der Waals surface area contributed by atoms with Crippen LogP contribution in [0.3, 0.4) is 0 Å². The summed E-state index contributed by atoms with van der Waals surface area (Å²) in [6.07, 6.45) is 3.57. The summed E-state index contributed by atoms with van der Waals surface area (Å²) in [6.45, 7) is 2.35. The maximum Gasteiger partial charge on any atom is 0.238 e. The van der Waals surface area contributed by atoms with Crippen LogP contribution in [0, 0.1) is 6.92 Å². The number of aryl methyl sites for hydroxylation is 1. The van der Waals surface area contributed by atoms with E-state index in [0.717, 1.165) is 36.9 Å². The van der Waals surface area contributed by atoms with Gasteiger partial charge in [-0.15, -0.1) is 0 Å². The van der Waals surface area contributed by atoms with Crippen molar-refractivity contribution in [3.05, 3.63) is 23.8 Å². The number of carbonyl (C=O) groups excluding carboxylic acids is 1. The van der Waals surface area contributed by atoms with E-state index in [-0.39, 0.29) is 12.0 Å². The van der Waals surface area contributed by atoms with E-state index < -0.39 is 0 Å². The van der Waals surface area contributed by atoms with Gasteiger partial charge < -0.3 is 16.2 Å². The van der Waals surface area contributed by atoms with Gasteiger partial charge in [-0.05, 0) is 50.3 Å². The number of piperidine rings is 1. The Labute approximate surface area is 125 Å². The molecule has 0 spiro atoms. The molecule has 1 aromatic rings. The summed E-state index contributed by atoms with van der Waals surface area (Å²) in [4.78, 5) is 14.5. The second kappa shape index (κ2) is 5.66. The van der Waals surface area contributed by atoms with Gasteiger partial charge in [0.2, 0.25) is 5.91 Å². The number of nitrogen functional groups attached to an aromatic ring is 1. The number of nitrogens with two attached hydrogens (primary N) is 1. The first kappa shape index (κ1) is 14.4. The molecule has 3 rings (SSSR count). The van der Waals surface area contributed by atoms with Gasteiger partial charge in [-0.2, -0.15) is 0 Å². The quantitative estimate of drug-likeness (QED) is 0.737. The smallest absolute Gasteiger partial charge is 0.238 e. The van der Waals surface area contributed by atoms with Crippen molar-refractivity contribution in [1.29, 1.82) is 0 Å². The Kier molecular flexibility index (Phi) is 3.87. The molecule has 2 bridgehead atoms. The number of hydrogen-bond donors (Lipinski definition) is 3. The van der Waals surface area contributed by atoms with Crippen molar-refractivity contribution in [2.24, 2.45) is 0 Å². The zero-order chi connectivity index (χ0) is 15.0. The first-order valence-electron chi connectivity index (χ1n) is 7.62. The van der Waals surface area contributed by atoms with Gasteiger partial charge in [-0.3, -0.25) is 9.69 Å². The number of nitrogens with zero attached hydrogens (tertiary/aromatic N) is 1. The van der Waals surface area contributed by atoms with E-state index in [1.807, 2.05) is 19.1 Å². The maximum absolute atomic E-state index is 12.3. The summed E-state index contributed by atoms with van der Waals surface area (Å²) in [7, 11) is 0. The van der Waals surface area contributed by atoms with Crippen LogP contribution in [0.1, 0.15) is 31.2 Å². The van der Waals surface area contributed by atoms with Crippen LogP contribution < -0.4 is 11.1 Å². The van der Waals surface area contributed by atoms with Crippen LogP contribution in [0.15, 0.2) is 18.2 Å². The van der Waals surface area contributed by atoms with E-state index in [0.29, 0.717) is 24.3 Å². The molecule has 2 aliphatic rings. The van der Waals surface area contributed by atoms with Gasteiger partial charge in [0.05, 0.1) is 12.6 Å². The van der Waals surface area contributed by atoms with Gasteiger partial charge in [0, 0.05) is 23.5 Å². The predicted molar refractivity (Wildman–Crippen MR) is 83.0 cm³/mol. The Morgan fingerprint density at radius 2 is 2.05 bits per heavy atom. The topological polar surface area (TPSA) is 78.6 Å². The van der Waals surface area contributed by atoms with E-state index >= 15 is 0 Å². The zero-order valence-electron chi connectivity index (χ0n) is 12.4. The molecule has 0 saturated carbocycles. The number of fused-ring (bicyclic) bond motifs is 2. The van der Waals surface area contributed by atoms with E-state index in [1.54, 1.807) is 6.07 Å². The molecule has 2 aliphatic heterocycles. The average Bonchev–Trinajstić information content (AvgIpc) is 2.66. The SMILES string of the molecule is Cc1ccc(N)cc1NC(=O)CN1C2CCC1CC(O)C2. The molecule has 5 nitrogen and oxygen atoms in total. The number of carbonyl (C=O) groups is 1. The molecule has 2 fully saturated rings. The van der Waals surface area contributed by atoms with Crippen molar-refractivity contribution in [2.75, 3.05) is 17.6 Å². The molecule has 0 radical (unpaired) electrons.